The molecule has 7 heteroatoms. The zero-order chi connectivity index (χ0) is 21.3. The number of fused-ring (bicyclic) bond motifs is 6. The fourth-order valence-electron chi connectivity index (χ4n) is 4.21. The van der Waals surface area contributed by atoms with Crippen LogP contribution < -0.4 is 23.7 Å². The van der Waals surface area contributed by atoms with Crippen LogP contribution in [0.2, 0.25) is 0 Å². The standard InChI is InChI=1S/C23H22O7/c1-22(2)8-7-12-15(30-22)6-5-13-20(12)29-19-11-28-16-10-18(27-4)17(26-3)9-14(16)23(19,25)21(13)24/h5-10,19,25H,11H2,1-4H3/t19?,23-/m1/s1. The van der Waals surface area contributed by atoms with Crippen molar-refractivity contribution in [3.8, 4) is 28.7 Å². The summed E-state index contributed by atoms with van der Waals surface area (Å²) in [7, 11) is 3.00. The first-order valence-electron chi connectivity index (χ1n) is 9.67. The van der Waals surface area contributed by atoms with E-state index in [4.69, 9.17) is 23.7 Å². The predicted molar refractivity (Wildman–Crippen MR) is 108 cm³/mol. The van der Waals surface area contributed by atoms with E-state index in [1.165, 1.54) is 14.2 Å². The number of benzene rings is 2. The summed E-state index contributed by atoms with van der Waals surface area (Å²) in [4.78, 5) is 13.6. The van der Waals surface area contributed by atoms with Crippen molar-refractivity contribution in [1.82, 2.24) is 0 Å². The molecule has 1 unspecified atom stereocenters. The van der Waals surface area contributed by atoms with Gasteiger partial charge in [-0.15, -0.1) is 0 Å². The molecular formula is C23H22O7. The van der Waals surface area contributed by atoms with E-state index in [1.54, 1.807) is 24.3 Å². The number of hydrogen-bond acceptors (Lipinski definition) is 7. The molecule has 30 heavy (non-hydrogen) atoms. The number of methoxy groups -OCH3 is 2. The molecule has 0 saturated carbocycles. The number of ether oxygens (including phenoxy) is 5. The third-order valence-corrected chi connectivity index (χ3v) is 5.78. The lowest BCUT2D eigenvalue weighted by molar-refractivity contribution is -0.0802. The molecule has 0 fully saturated rings. The van der Waals surface area contributed by atoms with Gasteiger partial charge < -0.3 is 28.8 Å². The summed E-state index contributed by atoms with van der Waals surface area (Å²) < 4.78 is 28.6. The van der Waals surface area contributed by atoms with Gasteiger partial charge in [-0.1, -0.05) is 0 Å². The van der Waals surface area contributed by atoms with Crippen LogP contribution >= 0.6 is 0 Å². The maximum Gasteiger partial charge on any atom is 0.206 e. The van der Waals surface area contributed by atoms with Gasteiger partial charge in [0.25, 0.3) is 0 Å². The van der Waals surface area contributed by atoms with Gasteiger partial charge in [0.2, 0.25) is 5.78 Å². The normalized spacial score (nSPS) is 24.8. The van der Waals surface area contributed by atoms with Gasteiger partial charge in [0.1, 0.15) is 29.5 Å². The minimum atomic E-state index is -1.91. The number of carbonyl (C=O) groups excluding carboxylic acids is 1. The molecule has 2 aromatic carbocycles. The van der Waals surface area contributed by atoms with Crippen LogP contribution in [-0.4, -0.2) is 43.4 Å². The third-order valence-electron chi connectivity index (χ3n) is 5.78. The molecule has 0 aliphatic carbocycles. The number of ketones is 1. The summed E-state index contributed by atoms with van der Waals surface area (Å²) >= 11 is 0. The minimum Gasteiger partial charge on any atom is -0.493 e. The van der Waals surface area contributed by atoms with E-state index in [2.05, 4.69) is 0 Å². The fourth-order valence-corrected chi connectivity index (χ4v) is 4.21. The van der Waals surface area contributed by atoms with Crippen LogP contribution in [0.1, 0.15) is 35.3 Å². The van der Waals surface area contributed by atoms with Gasteiger partial charge in [0.15, 0.2) is 23.2 Å². The molecule has 0 bridgehead atoms. The Morgan fingerprint density at radius 1 is 1.10 bits per heavy atom. The largest absolute Gasteiger partial charge is 0.493 e. The molecule has 5 rings (SSSR count). The van der Waals surface area contributed by atoms with Gasteiger partial charge in [0, 0.05) is 11.6 Å². The topological polar surface area (TPSA) is 83.5 Å². The fraction of sp³-hybridized carbons (Fsp3) is 0.348. The Kier molecular flexibility index (Phi) is 3.86. The lowest BCUT2D eigenvalue weighted by atomic mass is 9.77. The Labute approximate surface area is 173 Å². The molecule has 0 amide bonds. The van der Waals surface area contributed by atoms with Crippen LogP contribution in [0.5, 0.6) is 28.7 Å². The van der Waals surface area contributed by atoms with Crippen molar-refractivity contribution in [1.29, 1.82) is 0 Å². The summed E-state index contributed by atoms with van der Waals surface area (Å²) in [5.41, 5.74) is -1.10. The zero-order valence-electron chi connectivity index (χ0n) is 17.1. The molecule has 0 aromatic heterocycles. The average Bonchev–Trinajstić information content (AvgIpc) is 2.73. The van der Waals surface area contributed by atoms with E-state index in [1.807, 2.05) is 26.0 Å². The second kappa shape index (κ2) is 6.15. The maximum atomic E-state index is 13.6. The van der Waals surface area contributed by atoms with E-state index in [0.717, 1.165) is 0 Å². The van der Waals surface area contributed by atoms with Gasteiger partial charge in [-0.2, -0.15) is 0 Å². The van der Waals surface area contributed by atoms with E-state index in [0.29, 0.717) is 39.9 Å². The lowest BCUT2D eigenvalue weighted by Gasteiger charge is -2.44. The maximum absolute atomic E-state index is 13.6. The minimum absolute atomic E-state index is 0.00386. The molecule has 0 spiro atoms. The summed E-state index contributed by atoms with van der Waals surface area (Å²) in [6.07, 6.45) is 2.88. The monoisotopic (exact) mass is 410 g/mol. The first kappa shape index (κ1) is 18.8. The summed E-state index contributed by atoms with van der Waals surface area (Å²) in [6.45, 7) is 3.90. The summed E-state index contributed by atoms with van der Waals surface area (Å²) in [5, 5.41) is 11.6. The highest BCUT2D eigenvalue weighted by Crippen LogP contribution is 2.51. The Balaban J connectivity index is 1.66. The van der Waals surface area contributed by atoms with E-state index in [-0.39, 0.29) is 12.2 Å². The van der Waals surface area contributed by atoms with Crippen molar-refractivity contribution >= 4 is 11.9 Å². The molecule has 3 aliphatic rings. The smallest absolute Gasteiger partial charge is 0.206 e. The zero-order valence-corrected chi connectivity index (χ0v) is 17.1. The van der Waals surface area contributed by atoms with Crippen LogP contribution in [0.4, 0.5) is 0 Å². The highest BCUT2D eigenvalue weighted by atomic mass is 16.6. The Bertz CT molecular complexity index is 1100. The molecule has 1 N–H and O–H groups in total. The molecular weight excluding hydrogens is 388 g/mol. The molecule has 2 atom stereocenters. The molecule has 2 aromatic rings. The van der Waals surface area contributed by atoms with Crippen molar-refractivity contribution in [2.75, 3.05) is 20.8 Å². The van der Waals surface area contributed by atoms with Gasteiger partial charge in [-0.25, -0.2) is 0 Å². The molecule has 0 radical (unpaired) electrons. The lowest BCUT2D eigenvalue weighted by Crippen LogP contribution is -2.57. The SMILES string of the molecule is COc1cc2c(cc1OC)[C@]1(O)C(=O)c3ccc4c(c3OC1CO2)C=CC(C)(C)O4. The van der Waals surface area contributed by atoms with Crippen molar-refractivity contribution < 1.29 is 33.6 Å². The summed E-state index contributed by atoms with van der Waals surface area (Å²) in [5.74, 6) is 1.76. The average molecular weight is 410 g/mol. The molecule has 0 saturated heterocycles. The van der Waals surface area contributed by atoms with Crippen LogP contribution in [0.25, 0.3) is 6.08 Å². The van der Waals surface area contributed by atoms with Crippen molar-refractivity contribution in [2.24, 2.45) is 0 Å². The van der Waals surface area contributed by atoms with Crippen molar-refractivity contribution in [3.63, 3.8) is 0 Å². The van der Waals surface area contributed by atoms with Gasteiger partial charge in [0.05, 0.1) is 25.3 Å². The molecule has 3 heterocycles. The number of aliphatic hydroxyl groups is 1. The van der Waals surface area contributed by atoms with Gasteiger partial charge >= 0.3 is 0 Å². The molecule has 3 aliphatic heterocycles. The van der Waals surface area contributed by atoms with E-state index < -0.39 is 23.1 Å². The van der Waals surface area contributed by atoms with Crippen LogP contribution in [0.3, 0.4) is 0 Å². The van der Waals surface area contributed by atoms with Crippen LogP contribution in [0, 0.1) is 0 Å². The van der Waals surface area contributed by atoms with Crippen LogP contribution in [0.15, 0.2) is 30.3 Å². The van der Waals surface area contributed by atoms with Gasteiger partial charge in [-0.05, 0) is 44.2 Å². The second-order valence-electron chi connectivity index (χ2n) is 8.11. The van der Waals surface area contributed by atoms with Crippen LogP contribution in [-0.2, 0) is 5.60 Å². The highest BCUT2D eigenvalue weighted by molar-refractivity contribution is 6.08. The third kappa shape index (κ3) is 2.45. The van der Waals surface area contributed by atoms with E-state index in [9.17, 15) is 9.90 Å². The Morgan fingerprint density at radius 2 is 1.83 bits per heavy atom. The first-order chi connectivity index (χ1) is 14.3. The number of carbonyl (C=O) groups is 1. The Morgan fingerprint density at radius 3 is 2.57 bits per heavy atom. The van der Waals surface area contributed by atoms with E-state index >= 15 is 0 Å². The number of hydrogen-bond donors (Lipinski definition) is 1. The number of rotatable bonds is 2. The quantitative estimate of drug-likeness (QED) is 0.814. The Hall–Kier alpha value is -3.19. The number of Topliss-reactive ketones (excluding diaryl/α,β-unsaturated/α-hetero) is 1. The first-order valence-corrected chi connectivity index (χ1v) is 9.67. The molecule has 7 nitrogen and oxygen atoms in total. The summed E-state index contributed by atoms with van der Waals surface area (Å²) in [6, 6.07) is 6.54. The molecule has 156 valence electrons. The highest BCUT2D eigenvalue weighted by Gasteiger charge is 2.56. The van der Waals surface area contributed by atoms with Gasteiger partial charge in [-0.3, -0.25) is 4.79 Å². The van der Waals surface area contributed by atoms with Crippen molar-refractivity contribution in [2.45, 2.75) is 31.2 Å². The second-order valence-corrected chi connectivity index (χ2v) is 8.11. The predicted octanol–water partition coefficient (Wildman–Crippen LogP) is 3.11. The van der Waals surface area contributed by atoms with Crippen molar-refractivity contribution in [3.05, 3.63) is 47.0 Å².